The Morgan fingerprint density at radius 1 is 1.31 bits per heavy atom. The van der Waals surface area contributed by atoms with Gasteiger partial charge in [0.25, 0.3) is 5.91 Å². The fourth-order valence-electron chi connectivity index (χ4n) is 3.83. The summed E-state index contributed by atoms with van der Waals surface area (Å²) in [7, 11) is 0. The van der Waals surface area contributed by atoms with E-state index in [1.807, 2.05) is 20.8 Å². The van der Waals surface area contributed by atoms with E-state index in [4.69, 9.17) is 34.7 Å². The molecule has 1 saturated heterocycles. The van der Waals surface area contributed by atoms with Crippen molar-refractivity contribution < 1.29 is 9.59 Å². The number of amidine groups is 1. The van der Waals surface area contributed by atoms with E-state index >= 15 is 0 Å². The fraction of sp³-hybridized carbons (Fsp3) is 0.333. The van der Waals surface area contributed by atoms with Crippen LogP contribution in [0, 0.1) is 0 Å². The molecule has 9 nitrogen and oxygen atoms in total. The number of imidazole rings is 1. The molecule has 2 aromatic rings. The van der Waals surface area contributed by atoms with E-state index in [0.717, 1.165) is 11.1 Å². The molecule has 11 heteroatoms. The predicted octanol–water partition coefficient (Wildman–Crippen LogP) is 3.42. The molecule has 0 bridgehead atoms. The fourth-order valence-corrected chi connectivity index (χ4v) is 4.44. The SMILES string of the molecule is C=CC(=O)N1CC(NC(=O)c2c(Cl)nc(CN=C(N)c3cc(C(=C)C)c(Cl)cc3N)n2C(C)C)C1. The molecule has 2 heterocycles. The Labute approximate surface area is 214 Å². The van der Waals surface area contributed by atoms with Crippen LogP contribution in [0.25, 0.3) is 5.57 Å². The maximum Gasteiger partial charge on any atom is 0.271 e. The third kappa shape index (κ3) is 5.52. The molecule has 2 amide bonds. The number of carbonyl (C=O) groups excluding carboxylic acids is 2. The van der Waals surface area contributed by atoms with Crippen molar-refractivity contribution in [1.29, 1.82) is 0 Å². The topological polar surface area (TPSA) is 132 Å². The number of halogens is 2. The first-order chi connectivity index (χ1) is 16.4. The van der Waals surface area contributed by atoms with Crippen LogP contribution in [0.1, 0.15) is 54.3 Å². The lowest BCUT2D eigenvalue weighted by Gasteiger charge is -2.38. The smallest absolute Gasteiger partial charge is 0.271 e. The summed E-state index contributed by atoms with van der Waals surface area (Å²) in [6.45, 7) is 13.9. The molecule has 0 atom stereocenters. The Bertz CT molecular complexity index is 1230. The Hall–Kier alpha value is -3.30. The van der Waals surface area contributed by atoms with Crippen molar-refractivity contribution in [2.45, 2.75) is 39.4 Å². The first kappa shape index (κ1) is 26.3. The van der Waals surface area contributed by atoms with Crippen LogP contribution in [0.5, 0.6) is 0 Å². The van der Waals surface area contributed by atoms with Gasteiger partial charge < -0.3 is 26.3 Å². The van der Waals surface area contributed by atoms with Gasteiger partial charge in [-0.25, -0.2) is 4.98 Å². The van der Waals surface area contributed by atoms with E-state index in [-0.39, 0.29) is 47.1 Å². The van der Waals surface area contributed by atoms with Gasteiger partial charge in [0, 0.05) is 30.4 Å². The highest BCUT2D eigenvalue weighted by atomic mass is 35.5. The van der Waals surface area contributed by atoms with Gasteiger partial charge in [-0.2, -0.15) is 0 Å². The van der Waals surface area contributed by atoms with Gasteiger partial charge in [0.1, 0.15) is 17.4 Å². The number of hydrogen-bond donors (Lipinski definition) is 3. The largest absolute Gasteiger partial charge is 0.398 e. The monoisotopic (exact) mass is 517 g/mol. The van der Waals surface area contributed by atoms with Gasteiger partial charge in [0.2, 0.25) is 5.91 Å². The van der Waals surface area contributed by atoms with E-state index in [9.17, 15) is 9.59 Å². The van der Waals surface area contributed by atoms with E-state index < -0.39 is 0 Å². The number of anilines is 1. The minimum atomic E-state index is -0.372. The van der Waals surface area contributed by atoms with Gasteiger partial charge in [-0.1, -0.05) is 36.4 Å². The van der Waals surface area contributed by atoms with Crippen LogP contribution in [0.3, 0.4) is 0 Å². The number of aromatic nitrogens is 2. The van der Waals surface area contributed by atoms with Crippen LogP contribution in [-0.4, -0.2) is 51.2 Å². The molecule has 35 heavy (non-hydrogen) atoms. The van der Waals surface area contributed by atoms with Crippen LogP contribution in [0.4, 0.5) is 5.69 Å². The van der Waals surface area contributed by atoms with Crippen molar-refractivity contribution in [1.82, 2.24) is 19.8 Å². The molecule has 0 radical (unpaired) electrons. The second kappa shape index (κ2) is 10.5. The summed E-state index contributed by atoms with van der Waals surface area (Å²) in [6, 6.07) is 3.06. The van der Waals surface area contributed by atoms with Crippen molar-refractivity contribution in [3.63, 3.8) is 0 Å². The number of nitrogens with one attached hydrogen (secondary N) is 1. The number of allylic oxidation sites excluding steroid dienone is 1. The lowest BCUT2D eigenvalue weighted by atomic mass is 10.0. The quantitative estimate of drug-likeness (QED) is 0.213. The highest BCUT2D eigenvalue weighted by Gasteiger charge is 2.32. The Balaban J connectivity index is 1.83. The molecule has 186 valence electrons. The number of nitrogens with zero attached hydrogens (tertiary/aromatic N) is 4. The normalized spacial score (nSPS) is 14.1. The minimum Gasteiger partial charge on any atom is -0.398 e. The summed E-state index contributed by atoms with van der Waals surface area (Å²) in [5, 5.41) is 3.44. The van der Waals surface area contributed by atoms with Crippen molar-refractivity contribution in [3.05, 3.63) is 64.2 Å². The van der Waals surface area contributed by atoms with Crippen LogP contribution in [0.2, 0.25) is 10.2 Å². The third-order valence-electron chi connectivity index (χ3n) is 5.64. The van der Waals surface area contributed by atoms with Crippen LogP contribution in [0.15, 0.2) is 36.4 Å². The first-order valence-corrected chi connectivity index (χ1v) is 11.7. The molecule has 0 saturated carbocycles. The zero-order valence-electron chi connectivity index (χ0n) is 19.9. The average Bonchev–Trinajstić information content (AvgIpc) is 3.09. The highest BCUT2D eigenvalue weighted by molar-refractivity contribution is 6.33. The number of aliphatic imine (C=N–C) groups is 1. The lowest BCUT2D eigenvalue weighted by Crippen LogP contribution is -2.60. The van der Waals surface area contributed by atoms with Gasteiger partial charge >= 0.3 is 0 Å². The zero-order valence-corrected chi connectivity index (χ0v) is 21.5. The highest BCUT2D eigenvalue weighted by Crippen LogP contribution is 2.28. The van der Waals surface area contributed by atoms with Gasteiger partial charge in [0.15, 0.2) is 5.15 Å². The molecular weight excluding hydrogens is 489 g/mol. The average molecular weight is 518 g/mol. The number of nitrogens with two attached hydrogens (primary N) is 2. The summed E-state index contributed by atoms with van der Waals surface area (Å²) in [5.41, 5.74) is 15.0. The maximum atomic E-state index is 13.0. The third-order valence-corrected chi connectivity index (χ3v) is 6.22. The van der Waals surface area contributed by atoms with Crippen molar-refractivity contribution in [2.24, 2.45) is 10.7 Å². The first-order valence-electron chi connectivity index (χ1n) is 11.0. The molecule has 1 aliphatic rings. The van der Waals surface area contributed by atoms with Crippen LogP contribution < -0.4 is 16.8 Å². The lowest BCUT2D eigenvalue weighted by molar-refractivity contribution is -0.130. The van der Waals surface area contributed by atoms with Gasteiger partial charge in [-0.3, -0.25) is 14.6 Å². The Morgan fingerprint density at radius 3 is 2.54 bits per heavy atom. The summed E-state index contributed by atoms with van der Waals surface area (Å²) in [4.78, 5) is 35.1. The molecule has 5 N–H and O–H groups in total. The number of likely N-dealkylation sites (tertiary alicyclic amines) is 1. The molecule has 1 aromatic heterocycles. The summed E-state index contributed by atoms with van der Waals surface area (Å²) < 4.78 is 1.73. The molecular formula is C24H29Cl2N7O2. The van der Waals surface area contributed by atoms with Crippen LogP contribution in [-0.2, 0) is 11.3 Å². The van der Waals surface area contributed by atoms with E-state index in [0.29, 0.717) is 35.2 Å². The summed E-state index contributed by atoms with van der Waals surface area (Å²) in [6.07, 6.45) is 1.25. The maximum absolute atomic E-state index is 13.0. The number of rotatable bonds is 8. The Kier molecular flexibility index (Phi) is 7.92. The summed E-state index contributed by atoms with van der Waals surface area (Å²) >= 11 is 12.6. The molecule has 3 rings (SSSR count). The van der Waals surface area contributed by atoms with Gasteiger partial charge in [-0.15, -0.1) is 0 Å². The second-order valence-electron chi connectivity index (χ2n) is 8.65. The predicted molar refractivity (Wildman–Crippen MR) is 141 cm³/mol. The van der Waals surface area contributed by atoms with Crippen molar-refractivity contribution in [2.75, 3.05) is 18.8 Å². The molecule has 1 aliphatic heterocycles. The number of benzene rings is 1. The molecule has 0 spiro atoms. The number of nitrogen functional groups attached to an aromatic ring is 1. The van der Waals surface area contributed by atoms with Crippen LogP contribution >= 0.6 is 23.2 Å². The van der Waals surface area contributed by atoms with E-state index in [1.54, 1.807) is 21.6 Å². The van der Waals surface area contributed by atoms with Gasteiger partial charge in [-0.05, 0) is 50.1 Å². The second-order valence-corrected chi connectivity index (χ2v) is 9.42. The summed E-state index contributed by atoms with van der Waals surface area (Å²) in [5.74, 6) is 0.129. The molecule has 1 fully saturated rings. The van der Waals surface area contributed by atoms with Crippen molar-refractivity contribution in [3.8, 4) is 0 Å². The number of hydrogen-bond acceptors (Lipinski definition) is 5. The minimum absolute atomic E-state index is 0.0638. The van der Waals surface area contributed by atoms with E-state index in [1.165, 1.54) is 6.08 Å². The van der Waals surface area contributed by atoms with E-state index in [2.05, 4.69) is 28.5 Å². The van der Waals surface area contributed by atoms with Crippen molar-refractivity contribution >= 4 is 52.1 Å². The van der Waals surface area contributed by atoms with Gasteiger partial charge in [0.05, 0.1) is 17.6 Å². The number of carbonyl (C=O) groups is 2. The Morgan fingerprint density at radius 2 is 1.97 bits per heavy atom. The molecule has 1 aromatic carbocycles. The number of amides is 2. The molecule has 0 unspecified atom stereocenters. The standard InChI is InChI=1S/C24H29Cl2N7O2/c1-6-20(34)32-10-14(11-32)30-24(35)21-22(26)31-19(33(21)13(4)5)9-29-23(28)16-7-15(12(2)3)17(25)8-18(16)27/h6-8,13-14H,1-2,9-11,27H2,3-5H3,(H2,28,29)(H,30,35). The zero-order chi connectivity index (χ0) is 26.0. The molecule has 0 aliphatic carbocycles.